The number of nitrogens with zero attached hydrogens (tertiary/aromatic N) is 1. The van der Waals surface area contributed by atoms with Crippen LogP contribution in [-0.4, -0.2) is 17.5 Å². The Morgan fingerprint density at radius 2 is 1.65 bits per heavy atom. The molecule has 1 N–H and O–H groups in total. The summed E-state index contributed by atoms with van der Waals surface area (Å²) in [5.74, 6) is 0.858. The van der Waals surface area contributed by atoms with Crippen LogP contribution in [0, 0.1) is 0 Å². The smallest absolute Gasteiger partial charge is 0.262 e. The molecule has 5 nitrogen and oxygen atoms in total. The number of oxazole rings is 1. The van der Waals surface area contributed by atoms with Gasteiger partial charge in [0.1, 0.15) is 11.3 Å². The summed E-state index contributed by atoms with van der Waals surface area (Å²) in [6, 6.07) is 27.3. The number of benzene rings is 4. The van der Waals surface area contributed by atoms with Crippen LogP contribution in [-0.2, 0) is 10.2 Å². The SMILES string of the molecule is CC(C)(C)c1ccc(OCC(=O)Nc2ccccc2-c2nc3c(ccc4ccccc43)o2)cc1. The summed E-state index contributed by atoms with van der Waals surface area (Å²) in [6.45, 7) is 6.38. The summed E-state index contributed by atoms with van der Waals surface area (Å²) in [7, 11) is 0. The van der Waals surface area contributed by atoms with E-state index >= 15 is 0 Å². The molecular formula is C29H26N2O3. The fourth-order valence-corrected chi connectivity index (χ4v) is 3.94. The van der Waals surface area contributed by atoms with E-state index in [2.05, 4.69) is 26.1 Å². The highest BCUT2D eigenvalue weighted by Crippen LogP contribution is 2.33. The molecule has 0 aliphatic rings. The zero-order valence-corrected chi connectivity index (χ0v) is 19.5. The third-order valence-corrected chi connectivity index (χ3v) is 5.81. The minimum Gasteiger partial charge on any atom is -0.484 e. The van der Waals surface area contributed by atoms with Gasteiger partial charge in [-0.3, -0.25) is 4.79 Å². The second-order valence-electron chi connectivity index (χ2n) is 9.31. The number of hydrogen-bond donors (Lipinski definition) is 1. The predicted octanol–water partition coefficient (Wildman–Crippen LogP) is 6.96. The first kappa shape index (κ1) is 21.7. The lowest BCUT2D eigenvalue weighted by Crippen LogP contribution is -2.20. The quantitative estimate of drug-likeness (QED) is 0.314. The molecule has 0 saturated carbocycles. The van der Waals surface area contributed by atoms with E-state index in [-0.39, 0.29) is 17.9 Å². The Hall–Kier alpha value is -4.12. The third kappa shape index (κ3) is 4.37. The average molecular weight is 451 g/mol. The molecule has 1 heterocycles. The lowest BCUT2D eigenvalue weighted by molar-refractivity contribution is -0.118. The summed E-state index contributed by atoms with van der Waals surface area (Å²) < 4.78 is 11.8. The van der Waals surface area contributed by atoms with Gasteiger partial charge in [-0.15, -0.1) is 0 Å². The number of para-hydroxylation sites is 1. The van der Waals surface area contributed by atoms with Gasteiger partial charge in [0.2, 0.25) is 5.89 Å². The number of carbonyl (C=O) groups excluding carboxylic acids is 1. The molecule has 0 aliphatic heterocycles. The molecule has 0 atom stereocenters. The van der Waals surface area contributed by atoms with Crippen molar-refractivity contribution in [1.82, 2.24) is 4.98 Å². The maximum atomic E-state index is 12.7. The Balaban J connectivity index is 1.34. The van der Waals surface area contributed by atoms with Crippen molar-refractivity contribution in [3.05, 3.63) is 90.5 Å². The molecule has 0 radical (unpaired) electrons. The van der Waals surface area contributed by atoms with E-state index in [0.29, 0.717) is 28.5 Å². The first-order chi connectivity index (χ1) is 16.4. The molecule has 0 fully saturated rings. The molecule has 0 unspecified atom stereocenters. The maximum Gasteiger partial charge on any atom is 0.262 e. The minimum atomic E-state index is -0.256. The van der Waals surface area contributed by atoms with E-state index in [1.54, 1.807) is 0 Å². The van der Waals surface area contributed by atoms with Gasteiger partial charge in [0.05, 0.1) is 11.3 Å². The molecule has 5 aromatic rings. The third-order valence-electron chi connectivity index (χ3n) is 5.81. The van der Waals surface area contributed by atoms with Gasteiger partial charge in [-0.2, -0.15) is 0 Å². The van der Waals surface area contributed by atoms with Crippen LogP contribution in [0.3, 0.4) is 0 Å². The Bertz CT molecular complexity index is 1480. The van der Waals surface area contributed by atoms with Gasteiger partial charge in [-0.05, 0) is 46.7 Å². The lowest BCUT2D eigenvalue weighted by atomic mass is 9.87. The van der Waals surface area contributed by atoms with E-state index in [1.165, 1.54) is 5.56 Å². The fraction of sp³-hybridized carbons (Fsp3) is 0.172. The van der Waals surface area contributed by atoms with Crippen molar-refractivity contribution in [2.75, 3.05) is 11.9 Å². The van der Waals surface area contributed by atoms with E-state index in [0.717, 1.165) is 16.3 Å². The summed E-state index contributed by atoms with van der Waals surface area (Å²) in [6.07, 6.45) is 0. The summed E-state index contributed by atoms with van der Waals surface area (Å²) in [4.78, 5) is 17.4. The van der Waals surface area contributed by atoms with Crippen LogP contribution in [0.25, 0.3) is 33.3 Å². The van der Waals surface area contributed by atoms with E-state index in [9.17, 15) is 4.79 Å². The molecule has 34 heavy (non-hydrogen) atoms. The monoisotopic (exact) mass is 450 g/mol. The largest absolute Gasteiger partial charge is 0.484 e. The molecule has 170 valence electrons. The number of amides is 1. The standard InChI is InChI=1S/C29H26N2O3/c1-29(2,3)20-13-15-21(16-14-20)33-18-26(32)30-24-11-7-6-10-23(24)28-31-27-22-9-5-4-8-19(22)12-17-25(27)34-28/h4-17H,18H2,1-3H3,(H,30,32). The van der Waals surface area contributed by atoms with Crippen LogP contribution in [0.5, 0.6) is 5.75 Å². The van der Waals surface area contributed by atoms with Gasteiger partial charge in [0, 0.05) is 5.39 Å². The maximum absolute atomic E-state index is 12.7. The highest BCUT2D eigenvalue weighted by molar-refractivity contribution is 6.04. The van der Waals surface area contributed by atoms with Gasteiger partial charge in [-0.1, -0.05) is 75.4 Å². The molecule has 0 aliphatic carbocycles. The molecular weight excluding hydrogens is 424 g/mol. The molecule has 1 aromatic heterocycles. The van der Waals surface area contributed by atoms with E-state index in [1.807, 2.05) is 84.9 Å². The number of nitrogens with one attached hydrogen (secondary N) is 1. The number of hydrogen-bond acceptors (Lipinski definition) is 4. The van der Waals surface area contributed by atoms with Crippen LogP contribution in [0.1, 0.15) is 26.3 Å². The average Bonchev–Trinajstić information content (AvgIpc) is 3.28. The number of rotatable bonds is 5. The first-order valence-corrected chi connectivity index (χ1v) is 11.3. The van der Waals surface area contributed by atoms with Crippen molar-refractivity contribution in [1.29, 1.82) is 0 Å². The number of fused-ring (bicyclic) bond motifs is 3. The number of aromatic nitrogens is 1. The summed E-state index contributed by atoms with van der Waals surface area (Å²) >= 11 is 0. The Labute approximate surface area is 198 Å². The fourth-order valence-electron chi connectivity index (χ4n) is 3.94. The number of anilines is 1. The molecule has 0 saturated heterocycles. The molecule has 5 heteroatoms. The molecule has 0 bridgehead atoms. The zero-order valence-electron chi connectivity index (χ0n) is 19.5. The van der Waals surface area contributed by atoms with Crippen molar-refractivity contribution in [2.45, 2.75) is 26.2 Å². The first-order valence-electron chi connectivity index (χ1n) is 11.3. The summed E-state index contributed by atoms with van der Waals surface area (Å²) in [5.41, 5.74) is 4.12. The summed E-state index contributed by atoms with van der Waals surface area (Å²) in [5, 5.41) is 5.06. The topological polar surface area (TPSA) is 64.4 Å². The van der Waals surface area contributed by atoms with Gasteiger partial charge in [0.15, 0.2) is 12.2 Å². The Morgan fingerprint density at radius 1 is 0.912 bits per heavy atom. The van der Waals surface area contributed by atoms with Crippen molar-refractivity contribution < 1.29 is 13.9 Å². The van der Waals surface area contributed by atoms with Gasteiger partial charge >= 0.3 is 0 Å². The van der Waals surface area contributed by atoms with Gasteiger partial charge in [0.25, 0.3) is 5.91 Å². The van der Waals surface area contributed by atoms with Gasteiger partial charge in [-0.25, -0.2) is 4.98 Å². The van der Waals surface area contributed by atoms with Crippen molar-refractivity contribution >= 4 is 33.5 Å². The Morgan fingerprint density at radius 3 is 2.44 bits per heavy atom. The second kappa shape index (κ2) is 8.67. The molecule has 5 rings (SSSR count). The number of ether oxygens (including phenoxy) is 1. The normalized spacial score (nSPS) is 11.6. The van der Waals surface area contributed by atoms with Gasteiger partial charge < -0.3 is 14.5 Å². The second-order valence-corrected chi connectivity index (χ2v) is 9.31. The number of carbonyl (C=O) groups is 1. The van der Waals surface area contributed by atoms with Crippen molar-refractivity contribution in [3.63, 3.8) is 0 Å². The van der Waals surface area contributed by atoms with Crippen molar-refractivity contribution in [2.24, 2.45) is 0 Å². The predicted molar refractivity (Wildman–Crippen MR) is 136 cm³/mol. The molecule has 0 spiro atoms. The lowest BCUT2D eigenvalue weighted by Gasteiger charge is -2.19. The van der Waals surface area contributed by atoms with Crippen molar-refractivity contribution in [3.8, 4) is 17.2 Å². The van der Waals surface area contributed by atoms with Crippen LogP contribution >= 0.6 is 0 Å². The van der Waals surface area contributed by atoms with Crippen LogP contribution < -0.4 is 10.1 Å². The highest BCUT2D eigenvalue weighted by Gasteiger charge is 2.16. The van der Waals surface area contributed by atoms with E-state index < -0.39 is 0 Å². The zero-order chi connectivity index (χ0) is 23.7. The Kier molecular flexibility index (Phi) is 5.54. The molecule has 1 amide bonds. The van der Waals surface area contributed by atoms with Crippen LogP contribution in [0.4, 0.5) is 5.69 Å². The molecule has 4 aromatic carbocycles. The highest BCUT2D eigenvalue weighted by atomic mass is 16.5. The van der Waals surface area contributed by atoms with Crippen LogP contribution in [0.2, 0.25) is 0 Å². The minimum absolute atomic E-state index is 0.0661. The van der Waals surface area contributed by atoms with Crippen LogP contribution in [0.15, 0.2) is 89.3 Å². The van der Waals surface area contributed by atoms with E-state index in [4.69, 9.17) is 14.1 Å².